The van der Waals surface area contributed by atoms with E-state index in [4.69, 9.17) is 16.0 Å². The second kappa shape index (κ2) is 6.28. The van der Waals surface area contributed by atoms with Gasteiger partial charge >= 0.3 is 0 Å². The maximum atomic E-state index is 12.2. The average molecular weight is 315 g/mol. The van der Waals surface area contributed by atoms with Crippen LogP contribution in [0.1, 0.15) is 5.76 Å². The number of nitrogens with one attached hydrogen (secondary N) is 1. The molecule has 0 aliphatic heterocycles. The minimum atomic E-state index is -0.425. The monoisotopic (exact) mass is 314 g/mol. The number of furan rings is 1. The molecule has 0 radical (unpaired) electrons. The highest BCUT2D eigenvalue weighted by Gasteiger charge is 2.09. The number of nitrogens with zero attached hydrogens (tertiary/aromatic N) is 3. The summed E-state index contributed by atoms with van der Waals surface area (Å²) in [5, 5.41) is 8.04. The van der Waals surface area contributed by atoms with E-state index in [9.17, 15) is 4.79 Å². The number of para-hydroxylation sites is 1. The summed E-state index contributed by atoms with van der Waals surface area (Å²) in [6.07, 6.45) is 4.45. The molecule has 0 aliphatic carbocycles. The van der Waals surface area contributed by atoms with Crippen molar-refractivity contribution in [3.63, 3.8) is 0 Å². The first-order valence-electron chi connectivity index (χ1n) is 6.41. The molecule has 3 aromatic rings. The molecular weight excluding hydrogens is 304 g/mol. The molecule has 6 nitrogen and oxygen atoms in total. The third-order valence-corrected chi connectivity index (χ3v) is 3.20. The summed E-state index contributed by atoms with van der Waals surface area (Å²) in [4.78, 5) is 12.2. The van der Waals surface area contributed by atoms with Crippen molar-refractivity contribution in [2.45, 2.75) is 0 Å². The predicted octanol–water partition coefficient (Wildman–Crippen LogP) is 2.92. The van der Waals surface area contributed by atoms with Crippen LogP contribution in [0.3, 0.4) is 0 Å². The van der Waals surface area contributed by atoms with Crippen LogP contribution in [0, 0.1) is 0 Å². The number of aromatic nitrogens is 2. The molecule has 22 heavy (non-hydrogen) atoms. The van der Waals surface area contributed by atoms with Gasteiger partial charge in [-0.3, -0.25) is 10.2 Å². The van der Waals surface area contributed by atoms with Gasteiger partial charge in [-0.2, -0.15) is 14.9 Å². The van der Waals surface area contributed by atoms with Gasteiger partial charge in [-0.05, 0) is 24.3 Å². The molecule has 0 saturated carbocycles. The zero-order chi connectivity index (χ0) is 15.4. The molecule has 0 spiro atoms. The van der Waals surface area contributed by atoms with Crippen LogP contribution < -0.4 is 11.0 Å². The van der Waals surface area contributed by atoms with Crippen molar-refractivity contribution in [1.82, 2.24) is 9.78 Å². The fraction of sp³-hybridized carbons (Fsp3) is 0. The molecular formula is C15H11ClN4O2. The van der Waals surface area contributed by atoms with Crippen LogP contribution in [0.15, 0.2) is 69.2 Å². The zero-order valence-corrected chi connectivity index (χ0v) is 12.1. The summed E-state index contributed by atoms with van der Waals surface area (Å²) in [5.74, 6) is 0.578. The topological polar surface area (TPSA) is 72.4 Å². The van der Waals surface area contributed by atoms with Crippen molar-refractivity contribution in [2.24, 2.45) is 5.10 Å². The van der Waals surface area contributed by atoms with E-state index in [2.05, 4.69) is 15.6 Å². The Hall–Kier alpha value is -2.86. The number of anilines is 1. The fourth-order valence-electron chi connectivity index (χ4n) is 1.79. The van der Waals surface area contributed by atoms with Crippen LogP contribution in [-0.2, 0) is 0 Å². The van der Waals surface area contributed by atoms with Crippen molar-refractivity contribution in [2.75, 3.05) is 5.43 Å². The highest BCUT2D eigenvalue weighted by atomic mass is 35.5. The average Bonchev–Trinajstić information content (AvgIpc) is 3.06. The molecule has 0 bridgehead atoms. The highest BCUT2D eigenvalue weighted by Crippen LogP contribution is 2.16. The number of rotatable bonds is 4. The fourth-order valence-corrected chi connectivity index (χ4v) is 1.97. The van der Waals surface area contributed by atoms with Gasteiger partial charge in [0.2, 0.25) is 0 Å². The van der Waals surface area contributed by atoms with E-state index in [0.29, 0.717) is 17.1 Å². The van der Waals surface area contributed by atoms with E-state index in [1.807, 2.05) is 18.2 Å². The van der Waals surface area contributed by atoms with Gasteiger partial charge in [-0.1, -0.05) is 29.8 Å². The van der Waals surface area contributed by atoms with Gasteiger partial charge in [-0.15, -0.1) is 0 Å². The molecule has 110 valence electrons. The lowest BCUT2D eigenvalue weighted by atomic mass is 10.3. The molecule has 2 heterocycles. The van der Waals surface area contributed by atoms with Crippen molar-refractivity contribution < 1.29 is 4.42 Å². The molecule has 0 fully saturated rings. The Balaban J connectivity index is 1.86. The van der Waals surface area contributed by atoms with Gasteiger partial charge in [0.25, 0.3) is 5.56 Å². The molecule has 0 aliphatic rings. The first-order chi connectivity index (χ1) is 10.8. The van der Waals surface area contributed by atoms with Gasteiger partial charge in [0.05, 0.1) is 24.4 Å². The van der Waals surface area contributed by atoms with E-state index in [1.165, 1.54) is 23.4 Å². The summed E-state index contributed by atoms with van der Waals surface area (Å²) in [6, 6.07) is 12.5. The normalized spacial score (nSPS) is 11.0. The standard InChI is InChI=1S/C15H11ClN4O2/c16-14-13(19-17-9-12-7-4-8-22-12)10-18-20(15(14)21)11-5-2-1-3-6-11/h1-10,19H. The lowest BCUT2D eigenvalue weighted by Gasteiger charge is -2.07. The van der Waals surface area contributed by atoms with E-state index in [-0.39, 0.29) is 5.02 Å². The molecule has 1 aromatic carbocycles. The highest BCUT2D eigenvalue weighted by molar-refractivity contribution is 6.32. The maximum Gasteiger partial charge on any atom is 0.292 e. The molecule has 0 unspecified atom stereocenters. The second-order valence-corrected chi connectivity index (χ2v) is 4.69. The molecule has 3 rings (SSSR count). The molecule has 0 atom stereocenters. The third kappa shape index (κ3) is 2.91. The first kappa shape index (κ1) is 14.1. The van der Waals surface area contributed by atoms with E-state index in [1.54, 1.807) is 24.3 Å². The summed E-state index contributed by atoms with van der Waals surface area (Å²) >= 11 is 6.08. The van der Waals surface area contributed by atoms with E-state index < -0.39 is 5.56 Å². The van der Waals surface area contributed by atoms with Crippen molar-refractivity contribution in [3.05, 3.63) is 76.1 Å². The predicted molar refractivity (Wildman–Crippen MR) is 84.8 cm³/mol. The van der Waals surface area contributed by atoms with Crippen LogP contribution in [-0.4, -0.2) is 16.0 Å². The number of benzene rings is 1. The lowest BCUT2D eigenvalue weighted by Crippen LogP contribution is -2.22. The summed E-state index contributed by atoms with van der Waals surface area (Å²) in [5.41, 5.74) is 3.21. The van der Waals surface area contributed by atoms with Crippen LogP contribution in [0.25, 0.3) is 5.69 Å². The number of halogens is 1. The Morgan fingerprint density at radius 2 is 2.05 bits per heavy atom. The number of hydrazone groups is 1. The number of hydrogen-bond acceptors (Lipinski definition) is 5. The quantitative estimate of drug-likeness (QED) is 0.593. The Kier molecular flexibility index (Phi) is 4.02. The second-order valence-electron chi connectivity index (χ2n) is 4.31. The van der Waals surface area contributed by atoms with Crippen molar-refractivity contribution in [1.29, 1.82) is 0 Å². The minimum Gasteiger partial charge on any atom is -0.463 e. The first-order valence-corrected chi connectivity index (χ1v) is 6.79. The smallest absolute Gasteiger partial charge is 0.292 e. The van der Waals surface area contributed by atoms with Gasteiger partial charge in [0.1, 0.15) is 16.5 Å². The van der Waals surface area contributed by atoms with E-state index >= 15 is 0 Å². The van der Waals surface area contributed by atoms with Gasteiger partial charge in [0, 0.05) is 0 Å². The van der Waals surface area contributed by atoms with Crippen molar-refractivity contribution >= 4 is 23.5 Å². The Bertz CT molecular complexity index is 842. The SMILES string of the molecule is O=c1c(Cl)c(NN=Cc2ccco2)cnn1-c1ccccc1. The third-order valence-electron chi connectivity index (χ3n) is 2.84. The van der Waals surface area contributed by atoms with Crippen LogP contribution in [0.4, 0.5) is 5.69 Å². The molecule has 2 aromatic heterocycles. The largest absolute Gasteiger partial charge is 0.463 e. The van der Waals surface area contributed by atoms with Crippen LogP contribution in [0.5, 0.6) is 0 Å². The van der Waals surface area contributed by atoms with Crippen molar-refractivity contribution in [3.8, 4) is 5.69 Å². The Labute approximate surface area is 130 Å². The maximum absolute atomic E-state index is 12.2. The van der Waals surface area contributed by atoms with Gasteiger partial charge < -0.3 is 4.42 Å². The number of hydrogen-bond donors (Lipinski definition) is 1. The lowest BCUT2D eigenvalue weighted by molar-refractivity contribution is 0.560. The summed E-state index contributed by atoms with van der Waals surface area (Å²) < 4.78 is 6.32. The molecule has 1 N–H and O–H groups in total. The Morgan fingerprint density at radius 1 is 1.23 bits per heavy atom. The van der Waals surface area contributed by atoms with Gasteiger partial charge in [-0.25, -0.2) is 0 Å². The zero-order valence-electron chi connectivity index (χ0n) is 11.3. The van der Waals surface area contributed by atoms with Crippen LogP contribution >= 0.6 is 11.6 Å². The molecule has 0 saturated heterocycles. The van der Waals surface area contributed by atoms with E-state index in [0.717, 1.165) is 0 Å². The summed E-state index contributed by atoms with van der Waals surface area (Å²) in [6.45, 7) is 0. The molecule has 7 heteroatoms. The summed E-state index contributed by atoms with van der Waals surface area (Å²) in [7, 11) is 0. The van der Waals surface area contributed by atoms with Crippen LogP contribution in [0.2, 0.25) is 5.02 Å². The Morgan fingerprint density at radius 3 is 2.77 bits per heavy atom. The molecule has 0 amide bonds. The minimum absolute atomic E-state index is 0.00967. The van der Waals surface area contributed by atoms with Gasteiger partial charge in [0.15, 0.2) is 0 Å².